The summed E-state index contributed by atoms with van der Waals surface area (Å²) in [6, 6.07) is 8.78. The number of aliphatic hydroxyl groups excluding tert-OH is 1. The maximum atomic E-state index is 12.8. The summed E-state index contributed by atoms with van der Waals surface area (Å²) >= 11 is 3.61. The van der Waals surface area contributed by atoms with Gasteiger partial charge in [-0.1, -0.05) is 96.9 Å². The molecule has 0 aliphatic rings. The van der Waals surface area contributed by atoms with Crippen molar-refractivity contribution in [3.8, 4) is 5.75 Å². The average Bonchev–Trinajstić information content (AvgIpc) is 2.87. The smallest absolute Gasteiger partial charge is 0.311 e. The number of ether oxygens (including phenoxy) is 1. The Morgan fingerprint density at radius 2 is 1.04 bits per heavy atom. The summed E-state index contributed by atoms with van der Waals surface area (Å²) in [5.41, 5.74) is 4.54. The SMILES string of the molecule is CC.CC(Sc1cc(C(C)(C)C)c(CO)c(C(C)(C)C)c1)Sc1cc(C(C)(C)C)c(OC(=O)CCCC(=O)O)c(C(C)(C)C)c1. The first-order valence-corrected chi connectivity index (χ1v) is 17.9. The van der Waals surface area contributed by atoms with Gasteiger partial charge >= 0.3 is 11.9 Å². The van der Waals surface area contributed by atoms with Crippen LogP contribution in [0.15, 0.2) is 34.1 Å². The van der Waals surface area contributed by atoms with Crippen LogP contribution in [0.2, 0.25) is 0 Å². The van der Waals surface area contributed by atoms with Gasteiger partial charge in [0.25, 0.3) is 0 Å². The van der Waals surface area contributed by atoms with Crippen LogP contribution in [0.5, 0.6) is 5.75 Å². The Morgan fingerprint density at radius 3 is 1.36 bits per heavy atom. The fourth-order valence-corrected chi connectivity index (χ4v) is 7.44. The second kappa shape index (κ2) is 16.2. The van der Waals surface area contributed by atoms with Crippen molar-refractivity contribution in [2.45, 2.75) is 166 Å². The van der Waals surface area contributed by atoms with E-state index >= 15 is 0 Å². The molecule has 5 nitrogen and oxygen atoms in total. The van der Waals surface area contributed by atoms with Crippen molar-refractivity contribution in [1.82, 2.24) is 0 Å². The molecule has 0 heterocycles. The summed E-state index contributed by atoms with van der Waals surface area (Å²) in [4.78, 5) is 26.1. The second-order valence-corrected chi connectivity index (χ2v) is 18.7. The first-order chi connectivity index (χ1) is 20.4. The number of carbonyl (C=O) groups excluding carboxylic acids is 1. The van der Waals surface area contributed by atoms with E-state index in [0.29, 0.717) is 5.75 Å². The number of hydrogen-bond acceptors (Lipinski definition) is 6. The fraction of sp³-hybridized carbons (Fsp3) is 0.632. The van der Waals surface area contributed by atoms with E-state index in [9.17, 15) is 14.7 Å². The summed E-state index contributed by atoms with van der Waals surface area (Å²) in [5, 5.41) is 19.3. The quantitative estimate of drug-likeness (QED) is 0.114. The summed E-state index contributed by atoms with van der Waals surface area (Å²) in [5.74, 6) is -0.730. The number of carbonyl (C=O) groups is 2. The first-order valence-electron chi connectivity index (χ1n) is 16.2. The van der Waals surface area contributed by atoms with Gasteiger partial charge in [0.1, 0.15) is 5.75 Å². The maximum Gasteiger partial charge on any atom is 0.311 e. The lowest BCUT2D eigenvalue weighted by atomic mass is 9.76. The Morgan fingerprint density at radius 1 is 0.689 bits per heavy atom. The second-order valence-electron chi connectivity index (χ2n) is 15.5. The summed E-state index contributed by atoms with van der Waals surface area (Å²) in [6.07, 6.45) is 0.251. The number of thioether (sulfide) groups is 2. The highest BCUT2D eigenvalue weighted by molar-refractivity contribution is 8.17. The summed E-state index contributed by atoms with van der Waals surface area (Å²) in [7, 11) is 0. The Hall–Kier alpha value is -1.96. The van der Waals surface area contributed by atoms with E-state index in [4.69, 9.17) is 9.84 Å². The van der Waals surface area contributed by atoms with Crippen LogP contribution in [-0.2, 0) is 37.9 Å². The highest BCUT2D eigenvalue weighted by Crippen LogP contribution is 2.46. The molecule has 2 N–H and O–H groups in total. The van der Waals surface area contributed by atoms with Gasteiger partial charge in [-0.15, -0.1) is 23.5 Å². The Bertz CT molecular complexity index is 1230. The van der Waals surface area contributed by atoms with Crippen molar-refractivity contribution in [2.75, 3.05) is 0 Å². The molecule has 7 heteroatoms. The molecule has 1 unspecified atom stereocenters. The van der Waals surface area contributed by atoms with Crippen molar-refractivity contribution in [3.05, 3.63) is 52.1 Å². The van der Waals surface area contributed by atoms with E-state index < -0.39 is 11.9 Å². The van der Waals surface area contributed by atoms with Crippen LogP contribution in [-0.4, -0.2) is 26.7 Å². The first kappa shape index (κ1) is 41.1. The predicted octanol–water partition coefficient (Wildman–Crippen LogP) is 10.8. The molecule has 1 atom stereocenters. The Kier molecular flexibility index (Phi) is 14.8. The highest BCUT2D eigenvalue weighted by atomic mass is 32.2. The minimum absolute atomic E-state index is 0.0239. The number of aliphatic carboxylic acids is 1. The van der Waals surface area contributed by atoms with Gasteiger partial charge < -0.3 is 14.9 Å². The topological polar surface area (TPSA) is 83.8 Å². The van der Waals surface area contributed by atoms with Crippen molar-refractivity contribution in [2.24, 2.45) is 0 Å². The molecule has 0 fully saturated rings. The number of hydrogen-bond donors (Lipinski definition) is 2. The molecule has 0 spiro atoms. The highest BCUT2D eigenvalue weighted by Gasteiger charge is 2.31. The van der Waals surface area contributed by atoms with Crippen molar-refractivity contribution >= 4 is 35.5 Å². The monoisotopic (exact) mass is 660 g/mol. The molecule has 0 saturated carbocycles. The fourth-order valence-electron chi connectivity index (χ4n) is 5.07. The molecule has 0 aliphatic heterocycles. The minimum atomic E-state index is -0.916. The van der Waals surface area contributed by atoms with E-state index in [1.54, 1.807) is 11.8 Å². The average molecular weight is 661 g/mol. The van der Waals surface area contributed by atoms with E-state index in [-0.39, 0.29) is 52.1 Å². The van der Waals surface area contributed by atoms with E-state index in [2.05, 4.69) is 114 Å². The molecular weight excluding hydrogens is 601 g/mol. The van der Waals surface area contributed by atoms with Crippen LogP contribution in [0.25, 0.3) is 0 Å². The third-order valence-electron chi connectivity index (χ3n) is 7.27. The van der Waals surface area contributed by atoms with Gasteiger partial charge in [0.15, 0.2) is 0 Å². The van der Waals surface area contributed by atoms with Gasteiger partial charge in [-0.3, -0.25) is 9.59 Å². The molecule has 2 aromatic rings. The van der Waals surface area contributed by atoms with Crippen molar-refractivity contribution in [3.63, 3.8) is 0 Å². The molecule has 0 bridgehead atoms. The van der Waals surface area contributed by atoms with Gasteiger partial charge in [0, 0.05) is 33.8 Å². The molecule has 2 aromatic carbocycles. The normalized spacial score (nSPS) is 13.2. The van der Waals surface area contributed by atoms with Crippen LogP contribution >= 0.6 is 23.5 Å². The molecule has 254 valence electrons. The largest absolute Gasteiger partial charge is 0.481 e. The Balaban J connectivity index is 0.00000496. The van der Waals surface area contributed by atoms with Crippen LogP contribution in [0.4, 0.5) is 0 Å². The van der Waals surface area contributed by atoms with Gasteiger partial charge in [-0.2, -0.15) is 0 Å². The minimum Gasteiger partial charge on any atom is -0.481 e. The predicted molar refractivity (Wildman–Crippen MR) is 193 cm³/mol. The van der Waals surface area contributed by atoms with E-state index in [0.717, 1.165) is 21.6 Å². The number of benzene rings is 2. The molecular formula is C38H60O5S2. The number of rotatable bonds is 10. The molecule has 0 saturated heterocycles. The lowest BCUT2D eigenvalue weighted by Crippen LogP contribution is -2.22. The number of aliphatic hydroxyl groups is 1. The number of carboxylic acid groups (broad SMARTS) is 1. The molecule has 45 heavy (non-hydrogen) atoms. The van der Waals surface area contributed by atoms with E-state index in [1.165, 1.54) is 16.0 Å². The van der Waals surface area contributed by atoms with Crippen LogP contribution in [0, 0.1) is 0 Å². The standard InChI is InChI=1S/C36H54O5S2.C2H6/c1-22(42-23-17-26(33(2,3)4)25(21-37)27(18-23)34(5,6)7)43-24-19-28(35(8,9)10)32(29(20-24)36(11,12)13)41-31(40)16-14-15-30(38)39;1-2/h17-20,22,37H,14-16,21H2,1-13H3,(H,38,39);1-2H3. The maximum absolute atomic E-state index is 12.8. The molecule has 0 amide bonds. The van der Waals surface area contributed by atoms with Gasteiger partial charge in [0.05, 0.1) is 11.2 Å². The van der Waals surface area contributed by atoms with Gasteiger partial charge in [0.2, 0.25) is 0 Å². The van der Waals surface area contributed by atoms with Crippen LogP contribution in [0.1, 0.15) is 151 Å². The lowest BCUT2D eigenvalue weighted by Gasteiger charge is -2.31. The molecule has 0 radical (unpaired) electrons. The van der Waals surface area contributed by atoms with Gasteiger partial charge in [-0.05, 0) is 76.0 Å². The number of carboxylic acids is 1. The molecule has 0 aliphatic carbocycles. The Labute approximate surface area is 282 Å². The van der Waals surface area contributed by atoms with Crippen LogP contribution < -0.4 is 4.74 Å². The van der Waals surface area contributed by atoms with Crippen molar-refractivity contribution < 1.29 is 24.5 Å². The summed E-state index contributed by atoms with van der Waals surface area (Å²) in [6.45, 7) is 32.1. The third-order valence-corrected chi connectivity index (χ3v) is 9.52. The zero-order valence-electron chi connectivity index (χ0n) is 30.7. The summed E-state index contributed by atoms with van der Waals surface area (Å²) < 4.78 is 6.20. The third kappa shape index (κ3) is 12.3. The van der Waals surface area contributed by atoms with Crippen LogP contribution in [0.3, 0.4) is 0 Å². The zero-order chi connectivity index (χ0) is 35.1. The lowest BCUT2D eigenvalue weighted by molar-refractivity contribution is -0.137. The van der Waals surface area contributed by atoms with Gasteiger partial charge in [-0.25, -0.2) is 0 Å². The van der Waals surface area contributed by atoms with E-state index in [1.807, 2.05) is 25.6 Å². The molecule has 2 rings (SSSR count). The van der Waals surface area contributed by atoms with Crippen molar-refractivity contribution in [1.29, 1.82) is 0 Å². The number of esters is 1. The molecule has 0 aromatic heterocycles. The zero-order valence-corrected chi connectivity index (χ0v) is 32.3.